The van der Waals surface area contributed by atoms with Gasteiger partial charge in [0.1, 0.15) is 11.4 Å². The van der Waals surface area contributed by atoms with Crippen molar-refractivity contribution in [2.45, 2.75) is 6.92 Å². The van der Waals surface area contributed by atoms with Gasteiger partial charge in [-0.2, -0.15) is 0 Å². The molecule has 1 heterocycles. The fraction of sp³-hybridized carbons (Fsp3) is 0.231. The number of aromatic nitrogens is 2. The summed E-state index contributed by atoms with van der Waals surface area (Å²) >= 11 is 0. The molecular weight excluding hydrogens is 216 g/mol. The van der Waals surface area contributed by atoms with Gasteiger partial charge < -0.3 is 9.30 Å². The van der Waals surface area contributed by atoms with Crippen LogP contribution >= 0.6 is 0 Å². The molecule has 0 unspecified atom stereocenters. The average molecular weight is 230 g/mol. The van der Waals surface area contributed by atoms with Crippen LogP contribution in [0.2, 0.25) is 0 Å². The molecule has 88 valence electrons. The molecule has 0 bridgehead atoms. The highest BCUT2D eigenvalue weighted by Crippen LogP contribution is 2.22. The van der Waals surface area contributed by atoms with E-state index in [2.05, 4.69) is 4.98 Å². The number of carbonyl (C=O) groups excluding carboxylic acids is 1. The van der Waals surface area contributed by atoms with Crippen molar-refractivity contribution in [3.8, 4) is 5.75 Å². The van der Waals surface area contributed by atoms with E-state index in [1.54, 1.807) is 37.3 Å². The van der Waals surface area contributed by atoms with Crippen molar-refractivity contribution in [2.75, 3.05) is 7.11 Å². The summed E-state index contributed by atoms with van der Waals surface area (Å²) in [7, 11) is 3.35. The van der Waals surface area contributed by atoms with Gasteiger partial charge in [-0.3, -0.25) is 4.79 Å². The standard InChI is InChI=1S/C13H14N2O2/c1-9-4-5-12(17-3)10(6-9)13(16)11-7-14-8-15(11)2/h4-8H,1-3H3. The van der Waals surface area contributed by atoms with E-state index in [0.29, 0.717) is 17.0 Å². The Bertz CT molecular complexity index is 558. The normalized spacial score (nSPS) is 10.3. The monoisotopic (exact) mass is 230 g/mol. The molecule has 0 aliphatic rings. The molecule has 0 atom stereocenters. The lowest BCUT2D eigenvalue weighted by Gasteiger charge is -2.08. The molecule has 1 aromatic carbocycles. The van der Waals surface area contributed by atoms with Crippen molar-refractivity contribution in [3.05, 3.63) is 47.5 Å². The first-order chi connectivity index (χ1) is 8.13. The molecule has 0 amide bonds. The first-order valence-electron chi connectivity index (χ1n) is 5.29. The highest BCUT2D eigenvalue weighted by Gasteiger charge is 2.17. The maximum absolute atomic E-state index is 12.3. The Morgan fingerprint density at radius 1 is 1.41 bits per heavy atom. The predicted molar refractivity (Wildman–Crippen MR) is 64.4 cm³/mol. The molecule has 1 aromatic heterocycles. The summed E-state index contributed by atoms with van der Waals surface area (Å²) in [5, 5.41) is 0. The summed E-state index contributed by atoms with van der Waals surface area (Å²) in [4.78, 5) is 16.3. The Labute approximate surface area is 99.9 Å². The van der Waals surface area contributed by atoms with E-state index in [9.17, 15) is 4.79 Å². The van der Waals surface area contributed by atoms with Crippen molar-refractivity contribution < 1.29 is 9.53 Å². The molecule has 17 heavy (non-hydrogen) atoms. The van der Waals surface area contributed by atoms with Crippen LogP contribution in [0.25, 0.3) is 0 Å². The second kappa shape index (κ2) is 4.41. The molecule has 2 aromatic rings. The van der Waals surface area contributed by atoms with Gasteiger partial charge in [-0.25, -0.2) is 4.98 Å². The van der Waals surface area contributed by atoms with E-state index in [1.807, 2.05) is 19.1 Å². The van der Waals surface area contributed by atoms with Crippen molar-refractivity contribution in [2.24, 2.45) is 7.05 Å². The number of hydrogen-bond donors (Lipinski definition) is 0. The zero-order valence-corrected chi connectivity index (χ0v) is 10.1. The Morgan fingerprint density at radius 3 is 2.76 bits per heavy atom. The molecule has 0 aliphatic carbocycles. The maximum Gasteiger partial charge on any atom is 0.214 e. The first-order valence-corrected chi connectivity index (χ1v) is 5.29. The van der Waals surface area contributed by atoms with Gasteiger partial charge in [-0.15, -0.1) is 0 Å². The molecule has 0 aliphatic heterocycles. The largest absolute Gasteiger partial charge is 0.496 e. The number of ether oxygens (including phenoxy) is 1. The van der Waals surface area contributed by atoms with Gasteiger partial charge in [-0.05, 0) is 19.1 Å². The van der Waals surface area contributed by atoms with Gasteiger partial charge in [0.25, 0.3) is 0 Å². The van der Waals surface area contributed by atoms with Crippen LogP contribution in [0.5, 0.6) is 5.75 Å². The minimum absolute atomic E-state index is 0.0782. The smallest absolute Gasteiger partial charge is 0.214 e. The number of hydrogen-bond acceptors (Lipinski definition) is 3. The van der Waals surface area contributed by atoms with Crippen LogP contribution in [-0.4, -0.2) is 22.4 Å². The number of ketones is 1. The molecule has 0 saturated carbocycles. The van der Waals surface area contributed by atoms with Gasteiger partial charge >= 0.3 is 0 Å². The van der Waals surface area contributed by atoms with Gasteiger partial charge in [0.15, 0.2) is 0 Å². The van der Waals surface area contributed by atoms with E-state index in [4.69, 9.17) is 4.74 Å². The molecule has 4 nitrogen and oxygen atoms in total. The van der Waals surface area contributed by atoms with Crippen LogP contribution in [0, 0.1) is 6.92 Å². The lowest BCUT2D eigenvalue weighted by molar-refractivity contribution is 0.102. The van der Waals surface area contributed by atoms with Crippen molar-refractivity contribution in [3.63, 3.8) is 0 Å². The third kappa shape index (κ3) is 2.06. The molecule has 0 N–H and O–H groups in total. The summed E-state index contributed by atoms with van der Waals surface area (Å²) in [6, 6.07) is 5.55. The van der Waals surface area contributed by atoms with E-state index < -0.39 is 0 Å². The minimum atomic E-state index is -0.0782. The van der Waals surface area contributed by atoms with Crippen LogP contribution in [0.3, 0.4) is 0 Å². The number of benzene rings is 1. The lowest BCUT2D eigenvalue weighted by Crippen LogP contribution is -2.08. The van der Waals surface area contributed by atoms with Crippen LogP contribution in [0.15, 0.2) is 30.7 Å². The Hall–Kier alpha value is -2.10. The maximum atomic E-state index is 12.3. The number of rotatable bonds is 3. The summed E-state index contributed by atoms with van der Waals surface area (Å²) < 4.78 is 6.91. The first kappa shape index (κ1) is 11.4. The summed E-state index contributed by atoms with van der Waals surface area (Å²) in [5.41, 5.74) is 2.14. The van der Waals surface area contributed by atoms with Crippen LogP contribution < -0.4 is 4.74 Å². The third-order valence-corrected chi connectivity index (χ3v) is 2.65. The highest BCUT2D eigenvalue weighted by atomic mass is 16.5. The fourth-order valence-electron chi connectivity index (χ4n) is 1.71. The Balaban J connectivity index is 2.50. The number of nitrogens with zero attached hydrogens (tertiary/aromatic N) is 2. The van der Waals surface area contributed by atoms with E-state index >= 15 is 0 Å². The minimum Gasteiger partial charge on any atom is -0.496 e. The zero-order valence-electron chi connectivity index (χ0n) is 10.1. The molecule has 0 spiro atoms. The average Bonchev–Trinajstić information content (AvgIpc) is 2.74. The van der Waals surface area contributed by atoms with Gasteiger partial charge in [0, 0.05) is 7.05 Å². The highest BCUT2D eigenvalue weighted by molar-refractivity contribution is 6.09. The van der Waals surface area contributed by atoms with Crippen molar-refractivity contribution in [1.82, 2.24) is 9.55 Å². The van der Waals surface area contributed by atoms with Gasteiger partial charge in [0.2, 0.25) is 5.78 Å². The van der Waals surface area contributed by atoms with Crippen LogP contribution in [0.4, 0.5) is 0 Å². The molecule has 0 radical (unpaired) electrons. The third-order valence-electron chi connectivity index (χ3n) is 2.65. The molecular formula is C13H14N2O2. The molecule has 0 saturated heterocycles. The Kier molecular flexibility index (Phi) is 2.95. The van der Waals surface area contributed by atoms with Crippen LogP contribution in [0.1, 0.15) is 21.6 Å². The quantitative estimate of drug-likeness (QED) is 0.757. The van der Waals surface area contributed by atoms with Crippen molar-refractivity contribution >= 4 is 5.78 Å². The molecule has 4 heteroatoms. The topological polar surface area (TPSA) is 44.1 Å². The van der Waals surface area contributed by atoms with Crippen molar-refractivity contribution in [1.29, 1.82) is 0 Å². The van der Waals surface area contributed by atoms with E-state index in [1.165, 1.54) is 0 Å². The van der Waals surface area contributed by atoms with Crippen LogP contribution in [-0.2, 0) is 7.05 Å². The summed E-state index contributed by atoms with van der Waals surface area (Å²) in [6.45, 7) is 1.94. The second-order valence-electron chi connectivity index (χ2n) is 3.92. The number of carbonyl (C=O) groups is 1. The number of methoxy groups -OCH3 is 1. The lowest BCUT2D eigenvalue weighted by atomic mass is 10.0. The predicted octanol–water partition coefficient (Wildman–Crippen LogP) is 1.97. The summed E-state index contributed by atoms with van der Waals surface area (Å²) in [6.07, 6.45) is 3.17. The fourth-order valence-corrected chi connectivity index (χ4v) is 1.71. The number of aryl methyl sites for hydroxylation is 2. The summed E-state index contributed by atoms with van der Waals surface area (Å²) in [5.74, 6) is 0.507. The Morgan fingerprint density at radius 2 is 2.18 bits per heavy atom. The molecule has 2 rings (SSSR count). The number of imidazole rings is 1. The van der Waals surface area contributed by atoms with E-state index in [0.717, 1.165) is 5.56 Å². The van der Waals surface area contributed by atoms with Gasteiger partial charge in [0.05, 0.1) is 25.2 Å². The zero-order chi connectivity index (χ0) is 12.4. The SMILES string of the molecule is COc1ccc(C)cc1C(=O)c1cncn1C. The van der Waals surface area contributed by atoms with Gasteiger partial charge in [-0.1, -0.05) is 11.6 Å². The van der Waals surface area contributed by atoms with E-state index in [-0.39, 0.29) is 5.78 Å². The molecule has 0 fully saturated rings. The second-order valence-corrected chi connectivity index (χ2v) is 3.92.